The number of carbonyl (C=O) groups excluding carboxylic acids is 2. The van der Waals surface area contributed by atoms with Gasteiger partial charge in [-0.05, 0) is 18.8 Å². The maximum Gasteiger partial charge on any atom is 0.328 e. The van der Waals surface area contributed by atoms with E-state index in [1.54, 1.807) is 20.8 Å². The molecule has 0 saturated heterocycles. The molecule has 1 unspecified atom stereocenters. The van der Waals surface area contributed by atoms with E-state index in [0.717, 1.165) is 19.3 Å². The maximum atomic E-state index is 12.4. The summed E-state index contributed by atoms with van der Waals surface area (Å²) < 4.78 is 5.29. The second-order valence-corrected chi connectivity index (χ2v) is 8.98. The predicted octanol–water partition coefficient (Wildman–Crippen LogP) is 2.44. The van der Waals surface area contributed by atoms with Crippen LogP contribution in [0.5, 0.6) is 0 Å². The van der Waals surface area contributed by atoms with E-state index in [4.69, 9.17) is 4.74 Å². The van der Waals surface area contributed by atoms with E-state index >= 15 is 0 Å². The highest BCUT2D eigenvalue weighted by molar-refractivity contribution is 5.87. The monoisotopic (exact) mass is 461 g/mol. The van der Waals surface area contributed by atoms with Crippen LogP contribution >= 0.6 is 0 Å². The van der Waals surface area contributed by atoms with Crippen molar-refractivity contribution in [2.75, 3.05) is 6.61 Å². The van der Waals surface area contributed by atoms with Crippen molar-refractivity contribution in [3.05, 3.63) is 0 Å². The minimum absolute atomic E-state index is 0.145. The number of unbranched alkanes of at least 4 members (excludes halogenated alkanes) is 9. The molecule has 32 heavy (non-hydrogen) atoms. The van der Waals surface area contributed by atoms with E-state index in [9.17, 15) is 30.0 Å². The molecule has 0 bridgehead atoms. The van der Waals surface area contributed by atoms with Gasteiger partial charge in [-0.2, -0.15) is 0 Å². The predicted molar refractivity (Wildman–Crippen MR) is 124 cm³/mol. The molecule has 0 aromatic heterocycles. The fourth-order valence-corrected chi connectivity index (χ4v) is 3.40. The molecule has 0 heterocycles. The van der Waals surface area contributed by atoms with Gasteiger partial charge in [0.1, 0.15) is 18.2 Å². The molecule has 5 atom stereocenters. The SMILES string of the molecule is CCCCCCCCCCCCOC(=O)C(NC(=O)[C@H](O)[C@@H](O)[C@H](O)[C@H](O)CC)C(C)C. The number of rotatable bonds is 19. The first kappa shape index (κ1) is 30.8. The summed E-state index contributed by atoms with van der Waals surface area (Å²) in [5.74, 6) is -1.90. The molecule has 5 N–H and O–H groups in total. The van der Waals surface area contributed by atoms with E-state index in [1.165, 1.54) is 44.9 Å². The second-order valence-electron chi connectivity index (χ2n) is 8.98. The van der Waals surface area contributed by atoms with Gasteiger partial charge in [0.2, 0.25) is 0 Å². The number of aliphatic hydroxyl groups excluding tert-OH is 4. The Morgan fingerprint density at radius 1 is 0.781 bits per heavy atom. The summed E-state index contributed by atoms with van der Waals surface area (Å²) in [6.45, 7) is 7.52. The lowest BCUT2D eigenvalue weighted by Gasteiger charge is -2.27. The molecular weight excluding hydrogens is 414 g/mol. The maximum absolute atomic E-state index is 12.4. The van der Waals surface area contributed by atoms with Gasteiger partial charge in [0.15, 0.2) is 6.10 Å². The molecule has 8 heteroatoms. The molecule has 0 radical (unpaired) electrons. The Balaban J connectivity index is 4.27. The van der Waals surface area contributed by atoms with Crippen LogP contribution < -0.4 is 5.32 Å². The number of amides is 1. The smallest absolute Gasteiger partial charge is 0.328 e. The van der Waals surface area contributed by atoms with Gasteiger partial charge in [0.05, 0.1) is 12.7 Å². The molecule has 0 spiro atoms. The molecule has 8 nitrogen and oxygen atoms in total. The summed E-state index contributed by atoms with van der Waals surface area (Å²) >= 11 is 0. The van der Waals surface area contributed by atoms with Gasteiger partial charge < -0.3 is 30.5 Å². The molecule has 0 aliphatic rings. The molecule has 0 aromatic rings. The Kier molecular flexibility index (Phi) is 17.5. The molecule has 0 aliphatic carbocycles. The van der Waals surface area contributed by atoms with Gasteiger partial charge in [0, 0.05) is 0 Å². The molecule has 0 rings (SSSR count). The van der Waals surface area contributed by atoms with Crippen molar-refractivity contribution < 1.29 is 34.8 Å². The summed E-state index contributed by atoms with van der Waals surface area (Å²) in [4.78, 5) is 24.6. The van der Waals surface area contributed by atoms with Crippen LogP contribution in [0.4, 0.5) is 0 Å². The van der Waals surface area contributed by atoms with Gasteiger partial charge in [-0.1, -0.05) is 85.5 Å². The lowest BCUT2D eigenvalue weighted by atomic mass is 9.99. The van der Waals surface area contributed by atoms with Crippen LogP contribution in [0.15, 0.2) is 0 Å². The minimum Gasteiger partial charge on any atom is -0.464 e. The third-order valence-electron chi connectivity index (χ3n) is 5.72. The van der Waals surface area contributed by atoms with Crippen molar-refractivity contribution in [3.63, 3.8) is 0 Å². The first-order valence-corrected chi connectivity index (χ1v) is 12.4. The van der Waals surface area contributed by atoms with Crippen molar-refractivity contribution in [1.29, 1.82) is 0 Å². The first-order valence-electron chi connectivity index (χ1n) is 12.4. The van der Waals surface area contributed by atoms with Gasteiger partial charge in [-0.3, -0.25) is 4.79 Å². The number of esters is 1. The van der Waals surface area contributed by atoms with Crippen molar-refractivity contribution >= 4 is 11.9 Å². The Bertz CT molecular complexity index is 501. The standard InChI is InChI=1S/C24H47NO7/c1-5-7-8-9-10-11-12-13-14-15-16-32-24(31)19(17(3)4)25-23(30)22(29)21(28)20(27)18(26)6-2/h17-22,26-29H,5-16H2,1-4H3,(H,25,30)/t18-,19?,20-,21+,22-/m1/s1. The number of aliphatic hydroxyl groups is 4. The summed E-state index contributed by atoms with van der Waals surface area (Å²) in [6.07, 6.45) is 5.05. The zero-order chi connectivity index (χ0) is 24.5. The highest BCUT2D eigenvalue weighted by Crippen LogP contribution is 2.12. The Labute approximate surface area is 193 Å². The topological polar surface area (TPSA) is 136 Å². The number of hydrogen-bond donors (Lipinski definition) is 5. The molecule has 190 valence electrons. The highest BCUT2D eigenvalue weighted by Gasteiger charge is 2.36. The zero-order valence-electron chi connectivity index (χ0n) is 20.5. The van der Waals surface area contributed by atoms with E-state index in [2.05, 4.69) is 12.2 Å². The summed E-state index contributed by atoms with van der Waals surface area (Å²) in [6, 6.07) is -0.985. The first-order chi connectivity index (χ1) is 15.2. The number of ether oxygens (including phenoxy) is 1. The Morgan fingerprint density at radius 2 is 1.28 bits per heavy atom. The van der Waals surface area contributed by atoms with Crippen LogP contribution in [-0.4, -0.2) is 69.4 Å². The molecule has 0 saturated carbocycles. The van der Waals surface area contributed by atoms with E-state index in [1.807, 2.05) is 0 Å². The average Bonchev–Trinajstić information content (AvgIpc) is 2.78. The number of nitrogens with one attached hydrogen (secondary N) is 1. The number of hydrogen-bond acceptors (Lipinski definition) is 7. The van der Waals surface area contributed by atoms with Crippen LogP contribution in [0, 0.1) is 5.92 Å². The van der Waals surface area contributed by atoms with Crippen LogP contribution in [0.25, 0.3) is 0 Å². The van der Waals surface area contributed by atoms with Gasteiger partial charge in [-0.25, -0.2) is 4.79 Å². The summed E-state index contributed by atoms with van der Waals surface area (Å²) in [7, 11) is 0. The summed E-state index contributed by atoms with van der Waals surface area (Å²) in [5, 5.41) is 41.7. The van der Waals surface area contributed by atoms with Crippen molar-refractivity contribution in [2.24, 2.45) is 5.92 Å². The fourth-order valence-electron chi connectivity index (χ4n) is 3.40. The van der Waals surface area contributed by atoms with Crippen molar-refractivity contribution in [2.45, 2.75) is 129 Å². The van der Waals surface area contributed by atoms with Crippen molar-refractivity contribution in [1.82, 2.24) is 5.32 Å². The Hall–Kier alpha value is -1.22. The molecule has 1 amide bonds. The quantitative estimate of drug-likeness (QED) is 0.147. The fraction of sp³-hybridized carbons (Fsp3) is 0.917. The van der Waals surface area contributed by atoms with Gasteiger partial charge in [0.25, 0.3) is 5.91 Å². The largest absolute Gasteiger partial charge is 0.464 e. The lowest BCUT2D eigenvalue weighted by molar-refractivity contribution is -0.155. The molecular formula is C24H47NO7. The minimum atomic E-state index is -1.98. The molecule has 0 aliphatic heterocycles. The van der Waals surface area contributed by atoms with E-state index in [0.29, 0.717) is 0 Å². The van der Waals surface area contributed by atoms with E-state index < -0.39 is 42.3 Å². The molecule has 0 aromatic carbocycles. The second kappa shape index (κ2) is 18.2. The molecule has 0 fully saturated rings. The Morgan fingerprint density at radius 3 is 1.75 bits per heavy atom. The zero-order valence-corrected chi connectivity index (χ0v) is 20.5. The lowest BCUT2D eigenvalue weighted by Crippen LogP contribution is -2.55. The van der Waals surface area contributed by atoms with Crippen LogP contribution in [0.3, 0.4) is 0 Å². The summed E-state index contributed by atoms with van der Waals surface area (Å²) in [5.41, 5.74) is 0. The third kappa shape index (κ3) is 12.7. The highest BCUT2D eigenvalue weighted by atomic mass is 16.5. The van der Waals surface area contributed by atoms with Crippen molar-refractivity contribution in [3.8, 4) is 0 Å². The van der Waals surface area contributed by atoms with Crippen LogP contribution in [0.2, 0.25) is 0 Å². The normalized spacial score (nSPS) is 16.3. The third-order valence-corrected chi connectivity index (χ3v) is 5.72. The van der Waals surface area contributed by atoms with Crippen LogP contribution in [0.1, 0.15) is 98.3 Å². The van der Waals surface area contributed by atoms with Gasteiger partial charge in [-0.15, -0.1) is 0 Å². The van der Waals surface area contributed by atoms with Crippen LogP contribution in [-0.2, 0) is 14.3 Å². The average molecular weight is 462 g/mol. The van der Waals surface area contributed by atoms with E-state index in [-0.39, 0.29) is 18.9 Å². The van der Waals surface area contributed by atoms with Gasteiger partial charge >= 0.3 is 5.97 Å². The number of carbonyl (C=O) groups is 2.